The summed E-state index contributed by atoms with van der Waals surface area (Å²) in [5, 5.41) is 4.94. The first kappa shape index (κ1) is 23.3. The summed E-state index contributed by atoms with van der Waals surface area (Å²) in [7, 11) is 0. The van der Waals surface area contributed by atoms with Crippen molar-refractivity contribution in [3.63, 3.8) is 0 Å². The number of anilines is 2. The molecule has 0 N–H and O–H groups in total. The van der Waals surface area contributed by atoms with E-state index in [1.165, 1.54) is 6.20 Å². The molecule has 1 atom stereocenters. The number of fused-ring (bicyclic) bond motifs is 1. The number of nitrogens with zero attached hydrogens (tertiary/aromatic N) is 7. The average molecular weight is 504 g/mol. The molecule has 3 aliphatic heterocycles. The van der Waals surface area contributed by atoms with Crippen LogP contribution in [0.15, 0.2) is 29.3 Å². The van der Waals surface area contributed by atoms with E-state index in [1.807, 2.05) is 11.8 Å². The van der Waals surface area contributed by atoms with Crippen molar-refractivity contribution in [2.24, 2.45) is 5.41 Å². The molecule has 0 saturated carbocycles. The van der Waals surface area contributed by atoms with Gasteiger partial charge in [0.05, 0.1) is 6.20 Å². The molecule has 3 aromatic rings. The van der Waals surface area contributed by atoms with E-state index in [9.17, 15) is 18.0 Å². The molecule has 6 heterocycles. The lowest BCUT2D eigenvalue weighted by Crippen LogP contribution is -2.58. The molecule has 1 unspecified atom stereocenters. The Bertz CT molecular complexity index is 1340. The maximum Gasteiger partial charge on any atom is 0.433 e. The highest BCUT2D eigenvalue weighted by atomic mass is 19.4. The molecular formula is C24H28F3N7O2. The second-order valence-corrected chi connectivity index (χ2v) is 10.0. The zero-order valence-electron chi connectivity index (χ0n) is 20.0. The van der Waals surface area contributed by atoms with Crippen LogP contribution in [0.5, 0.6) is 0 Å². The fourth-order valence-electron chi connectivity index (χ4n) is 5.74. The largest absolute Gasteiger partial charge is 0.433 e. The van der Waals surface area contributed by atoms with Gasteiger partial charge in [-0.05, 0) is 44.7 Å². The van der Waals surface area contributed by atoms with E-state index in [4.69, 9.17) is 9.72 Å². The van der Waals surface area contributed by atoms with E-state index >= 15 is 0 Å². The van der Waals surface area contributed by atoms with Crippen molar-refractivity contribution in [2.45, 2.75) is 51.6 Å². The summed E-state index contributed by atoms with van der Waals surface area (Å²) in [6, 6.07) is 2.73. The van der Waals surface area contributed by atoms with Gasteiger partial charge >= 0.3 is 6.18 Å². The van der Waals surface area contributed by atoms with E-state index in [0.29, 0.717) is 55.5 Å². The van der Waals surface area contributed by atoms with Crippen molar-refractivity contribution in [1.29, 1.82) is 0 Å². The van der Waals surface area contributed by atoms with Crippen molar-refractivity contribution >= 4 is 22.7 Å². The standard InChI is InChI=1S/C24H28F3N7O2/c1-2-33-21(35)17-12-29-34(19-5-3-4-10-36-19)20(17)30-22(33)31-9-7-23(13-31)14-32(15-23)16-6-8-28-18(11-16)24(25,26)27/h6,8,11-12,19H,2-5,7,9-10,13-15H2,1H3. The molecule has 36 heavy (non-hydrogen) atoms. The van der Waals surface area contributed by atoms with Crippen LogP contribution in [0.3, 0.4) is 0 Å². The number of hydrogen-bond donors (Lipinski definition) is 0. The predicted octanol–water partition coefficient (Wildman–Crippen LogP) is 3.44. The Morgan fingerprint density at radius 2 is 2.00 bits per heavy atom. The van der Waals surface area contributed by atoms with Gasteiger partial charge in [0.25, 0.3) is 5.56 Å². The Kier molecular flexibility index (Phi) is 5.47. The van der Waals surface area contributed by atoms with E-state index in [2.05, 4.69) is 15.0 Å². The number of pyridine rings is 1. The molecule has 6 rings (SSSR count). The molecule has 0 radical (unpaired) electrons. The highest BCUT2D eigenvalue weighted by Crippen LogP contribution is 2.43. The minimum Gasteiger partial charge on any atom is -0.370 e. The molecule has 3 aliphatic rings. The molecule has 3 aromatic heterocycles. The molecule has 192 valence electrons. The second kappa shape index (κ2) is 8.46. The normalized spacial score (nSPS) is 21.9. The number of rotatable bonds is 4. The average Bonchev–Trinajstić information content (AvgIpc) is 3.48. The Hall–Kier alpha value is -3.15. The van der Waals surface area contributed by atoms with Crippen molar-refractivity contribution < 1.29 is 17.9 Å². The van der Waals surface area contributed by atoms with Gasteiger partial charge in [-0.25, -0.2) is 4.68 Å². The lowest BCUT2D eigenvalue weighted by molar-refractivity contribution is -0.141. The van der Waals surface area contributed by atoms with Crippen LogP contribution in [0.25, 0.3) is 11.0 Å². The van der Waals surface area contributed by atoms with Crippen LogP contribution in [0.2, 0.25) is 0 Å². The minimum atomic E-state index is -4.47. The van der Waals surface area contributed by atoms with Gasteiger partial charge in [0, 0.05) is 56.6 Å². The van der Waals surface area contributed by atoms with Gasteiger partial charge in [-0.3, -0.25) is 14.3 Å². The third-order valence-corrected chi connectivity index (χ3v) is 7.61. The lowest BCUT2D eigenvalue weighted by atomic mass is 9.79. The van der Waals surface area contributed by atoms with Crippen LogP contribution in [-0.4, -0.2) is 57.1 Å². The van der Waals surface area contributed by atoms with E-state index in [-0.39, 0.29) is 17.2 Å². The smallest absolute Gasteiger partial charge is 0.370 e. The molecule has 9 nitrogen and oxygen atoms in total. The van der Waals surface area contributed by atoms with Crippen LogP contribution in [0.1, 0.15) is 44.5 Å². The van der Waals surface area contributed by atoms with Crippen molar-refractivity contribution in [2.75, 3.05) is 42.6 Å². The number of hydrogen-bond acceptors (Lipinski definition) is 7. The maximum absolute atomic E-state index is 13.3. The van der Waals surface area contributed by atoms with Crippen LogP contribution >= 0.6 is 0 Å². The molecule has 3 saturated heterocycles. The Labute approximate surface area is 205 Å². The van der Waals surface area contributed by atoms with Crippen LogP contribution < -0.4 is 15.4 Å². The number of halogens is 3. The van der Waals surface area contributed by atoms with Gasteiger partial charge in [-0.2, -0.15) is 23.3 Å². The maximum atomic E-state index is 13.3. The summed E-state index contributed by atoms with van der Waals surface area (Å²) >= 11 is 0. The van der Waals surface area contributed by atoms with E-state index in [0.717, 1.165) is 38.3 Å². The molecule has 12 heteroatoms. The first-order chi connectivity index (χ1) is 17.3. The molecule has 1 spiro atoms. The summed E-state index contributed by atoms with van der Waals surface area (Å²) in [5.74, 6) is 0.617. The fraction of sp³-hybridized carbons (Fsp3) is 0.583. The third-order valence-electron chi connectivity index (χ3n) is 7.61. The minimum absolute atomic E-state index is 0.0559. The van der Waals surface area contributed by atoms with Crippen LogP contribution in [0, 0.1) is 5.41 Å². The molecular weight excluding hydrogens is 475 g/mol. The number of ether oxygens (including phenoxy) is 1. The third kappa shape index (κ3) is 3.82. The van der Waals surface area contributed by atoms with Crippen molar-refractivity contribution in [3.05, 3.63) is 40.6 Å². The quantitative estimate of drug-likeness (QED) is 0.540. The summed E-state index contributed by atoms with van der Waals surface area (Å²) in [5.41, 5.74) is 0.0194. The summed E-state index contributed by atoms with van der Waals surface area (Å²) in [6.07, 6.45) is 1.87. The zero-order chi connectivity index (χ0) is 25.1. The molecule has 0 amide bonds. The monoisotopic (exact) mass is 503 g/mol. The van der Waals surface area contributed by atoms with Gasteiger partial charge in [-0.1, -0.05) is 0 Å². The highest BCUT2D eigenvalue weighted by Gasteiger charge is 2.49. The van der Waals surface area contributed by atoms with Crippen molar-refractivity contribution in [3.8, 4) is 0 Å². The second-order valence-electron chi connectivity index (χ2n) is 10.0. The van der Waals surface area contributed by atoms with E-state index in [1.54, 1.807) is 21.5 Å². The summed E-state index contributed by atoms with van der Waals surface area (Å²) in [6.45, 7) is 5.78. The molecule has 0 aliphatic carbocycles. The first-order valence-electron chi connectivity index (χ1n) is 12.4. The SMILES string of the molecule is CCn1c(N2CCC3(CN(c4ccnc(C(F)(F)F)c4)C3)C2)nc2c(cnn2C2CCCCO2)c1=O. The topological polar surface area (TPSA) is 81.3 Å². The summed E-state index contributed by atoms with van der Waals surface area (Å²) in [4.78, 5) is 25.8. The predicted molar refractivity (Wildman–Crippen MR) is 127 cm³/mol. The van der Waals surface area contributed by atoms with Crippen LogP contribution in [0.4, 0.5) is 24.8 Å². The summed E-state index contributed by atoms with van der Waals surface area (Å²) < 4.78 is 48.6. The highest BCUT2D eigenvalue weighted by molar-refractivity contribution is 5.75. The first-order valence-corrected chi connectivity index (χ1v) is 12.4. The van der Waals surface area contributed by atoms with Gasteiger partial charge in [0.15, 0.2) is 11.9 Å². The zero-order valence-corrected chi connectivity index (χ0v) is 20.0. The van der Waals surface area contributed by atoms with Gasteiger partial charge in [0.1, 0.15) is 11.1 Å². The Balaban J connectivity index is 1.25. The lowest BCUT2D eigenvalue weighted by Gasteiger charge is -2.49. The van der Waals surface area contributed by atoms with Crippen molar-refractivity contribution in [1.82, 2.24) is 24.3 Å². The van der Waals surface area contributed by atoms with Gasteiger partial charge in [-0.15, -0.1) is 0 Å². The van der Waals surface area contributed by atoms with E-state index < -0.39 is 11.9 Å². The number of aromatic nitrogens is 5. The number of alkyl halides is 3. The van der Waals surface area contributed by atoms with Crippen LogP contribution in [-0.2, 0) is 17.5 Å². The fourth-order valence-corrected chi connectivity index (χ4v) is 5.74. The molecule has 0 aromatic carbocycles. The molecule has 0 bridgehead atoms. The van der Waals surface area contributed by atoms with Gasteiger partial charge in [0.2, 0.25) is 5.95 Å². The Morgan fingerprint density at radius 1 is 1.19 bits per heavy atom. The molecule has 3 fully saturated rings. The Morgan fingerprint density at radius 3 is 2.72 bits per heavy atom. The van der Waals surface area contributed by atoms with Gasteiger partial charge < -0.3 is 14.5 Å².